The first-order valence-corrected chi connectivity index (χ1v) is 4.26. The first-order valence-electron chi connectivity index (χ1n) is 3.48. The van der Waals surface area contributed by atoms with Gasteiger partial charge in [0, 0.05) is 6.20 Å². The molecule has 0 saturated heterocycles. The van der Waals surface area contributed by atoms with Crippen LogP contribution in [-0.4, -0.2) is 9.97 Å². The minimum atomic E-state index is 0.474. The lowest BCUT2D eigenvalue weighted by atomic mass is 10.3. The number of hydrogen-bond acceptors (Lipinski definition) is 2. The van der Waals surface area contributed by atoms with Crippen molar-refractivity contribution in [3.8, 4) is 0 Å². The third kappa shape index (κ3) is 2.27. The molecule has 0 amide bonds. The maximum atomic E-state index is 5.66. The predicted molar refractivity (Wildman–Crippen MR) is 48.4 cm³/mol. The van der Waals surface area contributed by atoms with Crippen molar-refractivity contribution in [2.24, 2.45) is 0 Å². The molecule has 0 aliphatic rings. The molecule has 1 rings (SSSR count). The predicted octanol–water partition coefficient (Wildman–Crippen LogP) is 2.75. The summed E-state index contributed by atoms with van der Waals surface area (Å²) in [5.41, 5.74) is 0.884. The Balaban J connectivity index is 3.03. The van der Waals surface area contributed by atoms with Crippen LogP contribution in [0.2, 0.25) is 5.15 Å². The number of nitrogens with one attached hydrogen (secondary N) is 1. The summed E-state index contributed by atoms with van der Waals surface area (Å²) in [4.78, 5) is 6.97. The van der Waals surface area contributed by atoms with Gasteiger partial charge in [0.1, 0.15) is 9.79 Å². The maximum absolute atomic E-state index is 5.66. The second-order valence-electron chi connectivity index (χ2n) is 2.25. The fourth-order valence-corrected chi connectivity index (χ4v) is 1.19. The van der Waals surface area contributed by atoms with Crippen LogP contribution in [-0.2, 0) is 6.42 Å². The second kappa shape index (κ2) is 3.83. The SMILES string of the molecule is CCCc1nc(Cl)c[nH]c1=S. The highest BCUT2D eigenvalue weighted by Crippen LogP contribution is 2.06. The minimum absolute atomic E-state index is 0.474. The monoisotopic (exact) mass is 188 g/mol. The molecule has 0 unspecified atom stereocenters. The third-order valence-corrected chi connectivity index (χ3v) is 1.86. The number of aryl methyl sites for hydroxylation is 1. The number of halogens is 1. The molecular weight excluding hydrogens is 180 g/mol. The average Bonchev–Trinajstić information content (AvgIpc) is 1.98. The van der Waals surface area contributed by atoms with E-state index < -0.39 is 0 Å². The van der Waals surface area contributed by atoms with Crippen molar-refractivity contribution < 1.29 is 0 Å². The van der Waals surface area contributed by atoms with Crippen LogP contribution in [0.4, 0.5) is 0 Å². The fourth-order valence-electron chi connectivity index (χ4n) is 0.827. The van der Waals surface area contributed by atoms with Gasteiger partial charge in [0.15, 0.2) is 0 Å². The molecule has 1 N–H and O–H groups in total. The molecule has 0 aliphatic carbocycles. The van der Waals surface area contributed by atoms with Gasteiger partial charge in [-0.1, -0.05) is 37.2 Å². The van der Waals surface area contributed by atoms with E-state index in [9.17, 15) is 0 Å². The van der Waals surface area contributed by atoms with Gasteiger partial charge < -0.3 is 4.98 Å². The van der Waals surface area contributed by atoms with Crippen LogP contribution in [0.25, 0.3) is 0 Å². The molecule has 11 heavy (non-hydrogen) atoms. The zero-order valence-electron chi connectivity index (χ0n) is 6.22. The van der Waals surface area contributed by atoms with E-state index in [0.29, 0.717) is 9.79 Å². The van der Waals surface area contributed by atoms with Crippen LogP contribution >= 0.6 is 23.8 Å². The van der Waals surface area contributed by atoms with E-state index >= 15 is 0 Å². The van der Waals surface area contributed by atoms with Crippen molar-refractivity contribution in [2.45, 2.75) is 19.8 Å². The van der Waals surface area contributed by atoms with E-state index in [1.54, 1.807) is 6.20 Å². The molecule has 60 valence electrons. The number of aromatic nitrogens is 2. The Morgan fingerprint density at radius 1 is 1.73 bits per heavy atom. The van der Waals surface area contributed by atoms with Gasteiger partial charge in [-0.05, 0) is 6.42 Å². The highest BCUT2D eigenvalue weighted by Gasteiger charge is 1.96. The number of H-pyrrole nitrogens is 1. The highest BCUT2D eigenvalue weighted by atomic mass is 35.5. The Kier molecular flexibility index (Phi) is 3.02. The van der Waals surface area contributed by atoms with Gasteiger partial charge in [0.05, 0.1) is 5.69 Å². The molecule has 1 aromatic heterocycles. The topological polar surface area (TPSA) is 28.7 Å². The summed E-state index contributed by atoms with van der Waals surface area (Å²) in [5, 5.41) is 0.474. The van der Waals surface area contributed by atoms with Crippen molar-refractivity contribution >= 4 is 23.8 Å². The van der Waals surface area contributed by atoms with Gasteiger partial charge in [0.2, 0.25) is 0 Å². The van der Waals surface area contributed by atoms with E-state index in [2.05, 4.69) is 16.9 Å². The van der Waals surface area contributed by atoms with Crippen molar-refractivity contribution in [1.82, 2.24) is 9.97 Å². The molecular formula is C7H9ClN2S. The molecule has 0 spiro atoms. The molecule has 4 heteroatoms. The molecule has 0 saturated carbocycles. The van der Waals surface area contributed by atoms with Gasteiger partial charge in [-0.15, -0.1) is 0 Å². The molecule has 0 aromatic carbocycles. The Labute approximate surface area is 75.6 Å². The molecule has 2 nitrogen and oxygen atoms in total. The lowest BCUT2D eigenvalue weighted by Crippen LogP contribution is -1.92. The molecule has 0 bridgehead atoms. The first kappa shape index (κ1) is 8.68. The lowest BCUT2D eigenvalue weighted by molar-refractivity contribution is 0.865. The van der Waals surface area contributed by atoms with Crippen molar-refractivity contribution in [3.63, 3.8) is 0 Å². The van der Waals surface area contributed by atoms with Crippen molar-refractivity contribution in [2.75, 3.05) is 0 Å². The normalized spacial score (nSPS) is 10.0. The van der Waals surface area contributed by atoms with Gasteiger partial charge in [0.25, 0.3) is 0 Å². The Morgan fingerprint density at radius 3 is 3.09 bits per heavy atom. The summed E-state index contributed by atoms with van der Waals surface area (Å²) in [6.07, 6.45) is 3.52. The Bertz CT molecular complexity index is 295. The summed E-state index contributed by atoms with van der Waals surface area (Å²) in [5.74, 6) is 0. The van der Waals surface area contributed by atoms with Crippen molar-refractivity contribution in [3.05, 3.63) is 21.7 Å². The maximum Gasteiger partial charge on any atom is 0.145 e. The standard InChI is InChI=1S/C7H9ClN2S/c1-2-3-5-7(11)9-4-6(8)10-5/h4H,2-3H2,1H3,(H,9,11). The summed E-state index contributed by atoms with van der Waals surface area (Å²) in [6.45, 7) is 2.08. The van der Waals surface area contributed by atoms with E-state index in [4.69, 9.17) is 23.8 Å². The van der Waals surface area contributed by atoms with Gasteiger partial charge in [-0.3, -0.25) is 0 Å². The van der Waals surface area contributed by atoms with Crippen LogP contribution < -0.4 is 0 Å². The molecule has 0 aliphatic heterocycles. The first-order chi connectivity index (χ1) is 5.24. The third-order valence-electron chi connectivity index (χ3n) is 1.31. The molecule has 0 radical (unpaired) electrons. The van der Waals surface area contributed by atoms with Gasteiger partial charge in [-0.2, -0.15) is 0 Å². The molecule has 1 aromatic rings. The number of rotatable bonds is 2. The summed E-state index contributed by atoms with van der Waals surface area (Å²) >= 11 is 10.7. The smallest absolute Gasteiger partial charge is 0.145 e. The average molecular weight is 189 g/mol. The number of nitrogens with zero attached hydrogens (tertiary/aromatic N) is 1. The van der Waals surface area contributed by atoms with Crippen LogP contribution in [0, 0.1) is 4.64 Å². The summed E-state index contributed by atoms with van der Waals surface area (Å²) in [7, 11) is 0. The lowest BCUT2D eigenvalue weighted by Gasteiger charge is -1.97. The Hall–Kier alpha value is -0.410. The van der Waals surface area contributed by atoms with Crippen LogP contribution in [0.3, 0.4) is 0 Å². The molecule has 0 fully saturated rings. The summed E-state index contributed by atoms with van der Waals surface area (Å²) in [6, 6.07) is 0. The zero-order chi connectivity index (χ0) is 8.27. The highest BCUT2D eigenvalue weighted by molar-refractivity contribution is 7.71. The van der Waals surface area contributed by atoms with E-state index in [-0.39, 0.29) is 0 Å². The number of aromatic amines is 1. The van der Waals surface area contributed by atoms with Crippen LogP contribution in [0.1, 0.15) is 19.0 Å². The fraction of sp³-hybridized carbons (Fsp3) is 0.429. The number of hydrogen-bond donors (Lipinski definition) is 1. The second-order valence-corrected chi connectivity index (χ2v) is 3.04. The summed E-state index contributed by atoms with van der Waals surface area (Å²) < 4.78 is 0.691. The minimum Gasteiger partial charge on any atom is -0.349 e. The zero-order valence-corrected chi connectivity index (χ0v) is 7.80. The van der Waals surface area contributed by atoms with E-state index in [1.165, 1.54) is 0 Å². The van der Waals surface area contributed by atoms with Crippen LogP contribution in [0.15, 0.2) is 6.20 Å². The largest absolute Gasteiger partial charge is 0.349 e. The van der Waals surface area contributed by atoms with Crippen molar-refractivity contribution in [1.29, 1.82) is 0 Å². The van der Waals surface area contributed by atoms with E-state index in [1.807, 2.05) is 0 Å². The van der Waals surface area contributed by atoms with Gasteiger partial charge >= 0.3 is 0 Å². The quantitative estimate of drug-likeness (QED) is 0.724. The van der Waals surface area contributed by atoms with Gasteiger partial charge in [-0.25, -0.2) is 4.98 Å². The molecule has 0 atom stereocenters. The van der Waals surface area contributed by atoms with Crippen LogP contribution in [0.5, 0.6) is 0 Å². The molecule has 1 heterocycles. The Morgan fingerprint density at radius 2 is 2.45 bits per heavy atom. The van der Waals surface area contributed by atoms with E-state index in [0.717, 1.165) is 18.5 Å².